The second-order valence-corrected chi connectivity index (χ2v) is 5.19. The first-order valence-corrected chi connectivity index (χ1v) is 6.30. The quantitative estimate of drug-likeness (QED) is 0.767. The summed E-state index contributed by atoms with van der Waals surface area (Å²) in [7, 11) is -4.95. The average molecular weight is 246 g/mol. The number of hydrogen-bond acceptors (Lipinski definition) is 3. The molecule has 0 atom stereocenters. The van der Waals surface area contributed by atoms with Crippen LogP contribution in [-0.4, -0.2) is 8.42 Å². The molecule has 0 unspecified atom stereocenters. The van der Waals surface area contributed by atoms with Crippen molar-refractivity contribution in [2.24, 2.45) is 0 Å². The molecule has 90 valence electrons. The molecular formula is C11H15FO3S. The van der Waals surface area contributed by atoms with Crippen LogP contribution in [0.2, 0.25) is 0 Å². The Morgan fingerprint density at radius 3 is 2.50 bits per heavy atom. The van der Waals surface area contributed by atoms with Gasteiger partial charge >= 0.3 is 10.5 Å². The van der Waals surface area contributed by atoms with Gasteiger partial charge in [0.05, 0.1) is 0 Å². The minimum Gasteiger partial charge on any atom is -0.358 e. The molecule has 16 heavy (non-hydrogen) atoms. The van der Waals surface area contributed by atoms with Gasteiger partial charge < -0.3 is 4.18 Å². The Morgan fingerprint density at radius 1 is 1.38 bits per heavy atom. The Bertz CT molecular complexity index is 466. The van der Waals surface area contributed by atoms with Gasteiger partial charge in [0.2, 0.25) is 0 Å². The van der Waals surface area contributed by atoms with Crippen molar-refractivity contribution >= 4 is 10.5 Å². The highest BCUT2D eigenvalue weighted by Crippen LogP contribution is 2.29. The third-order valence-corrected chi connectivity index (χ3v) is 3.09. The second-order valence-electron chi connectivity index (χ2n) is 4.24. The zero-order chi connectivity index (χ0) is 12.4. The van der Waals surface area contributed by atoms with E-state index < -0.39 is 10.5 Å². The van der Waals surface area contributed by atoms with Crippen molar-refractivity contribution in [1.29, 1.82) is 0 Å². The molecule has 0 spiro atoms. The van der Waals surface area contributed by atoms with Crippen LogP contribution in [0, 0.1) is 0 Å². The molecule has 3 nitrogen and oxygen atoms in total. The summed E-state index contributed by atoms with van der Waals surface area (Å²) in [6, 6.07) is 6.46. The van der Waals surface area contributed by atoms with Crippen LogP contribution < -0.4 is 4.18 Å². The van der Waals surface area contributed by atoms with Crippen molar-refractivity contribution in [1.82, 2.24) is 0 Å². The number of rotatable bonds is 4. The molecule has 0 bridgehead atoms. The highest BCUT2D eigenvalue weighted by atomic mass is 32.3. The Kier molecular flexibility index (Phi) is 3.57. The minimum absolute atomic E-state index is 0.00141. The summed E-state index contributed by atoms with van der Waals surface area (Å²) in [5.41, 5.74) is 0.815. The lowest BCUT2D eigenvalue weighted by molar-refractivity contribution is 0.437. The molecule has 0 aliphatic heterocycles. The van der Waals surface area contributed by atoms with E-state index in [1.54, 1.807) is 12.1 Å². The lowest BCUT2D eigenvalue weighted by Crippen LogP contribution is -2.15. The van der Waals surface area contributed by atoms with Crippen molar-refractivity contribution in [3.8, 4) is 5.75 Å². The van der Waals surface area contributed by atoms with Crippen LogP contribution in [0.3, 0.4) is 0 Å². The third kappa shape index (κ3) is 3.48. The summed E-state index contributed by atoms with van der Waals surface area (Å²) < 4.78 is 37.2. The first kappa shape index (κ1) is 13.0. The summed E-state index contributed by atoms with van der Waals surface area (Å²) in [6.45, 7) is 6.07. The van der Waals surface area contributed by atoms with Crippen LogP contribution in [0.5, 0.6) is 5.75 Å². The van der Waals surface area contributed by atoms with Gasteiger partial charge in [-0.3, -0.25) is 0 Å². The van der Waals surface area contributed by atoms with E-state index in [-0.39, 0.29) is 11.2 Å². The lowest BCUT2D eigenvalue weighted by Gasteiger charge is -2.23. The van der Waals surface area contributed by atoms with Crippen molar-refractivity contribution in [2.75, 3.05) is 0 Å². The second kappa shape index (κ2) is 4.41. The van der Waals surface area contributed by atoms with E-state index in [1.807, 2.05) is 26.8 Å². The van der Waals surface area contributed by atoms with Gasteiger partial charge in [-0.05, 0) is 29.5 Å². The molecule has 1 rings (SSSR count). The van der Waals surface area contributed by atoms with Crippen LogP contribution in [0.4, 0.5) is 3.89 Å². The van der Waals surface area contributed by atoms with E-state index in [0.717, 1.165) is 12.0 Å². The molecule has 0 aliphatic rings. The van der Waals surface area contributed by atoms with Gasteiger partial charge in [-0.2, -0.15) is 8.42 Å². The van der Waals surface area contributed by atoms with E-state index in [4.69, 9.17) is 0 Å². The molecule has 5 heteroatoms. The molecule has 0 aliphatic carbocycles. The molecule has 0 saturated heterocycles. The molecule has 0 heterocycles. The summed E-state index contributed by atoms with van der Waals surface area (Å²) in [5, 5.41) is 0. The fourth-order valence-corrected chi connectivity index (χ4v) is 1.62. The highest BCUT2D eigenvalue weighted by molar-refractivity contribution is 7.81. The van der Waals surface area contributed by atoms with Gasteiger partial charge in [-0.15, -0.1) is 0 Å². The summed E-state index contributed by atoms with van der Waals surface area (Å²) in [6.07, 6.45) is 0.888. The summed E-state index contributed by atoms with van der Waals surface area (Å²) in [4.78, 5) is 0. The minimum atomic E-state index is -4.95. The number of benzene rings is 1. The van der Waals surface area contributed by atoms with Crippen LogP contribution in [0.1, 0.15) is 32.8 Å². The molecular weight excluding hydrogens is 231 g/mol. The van der Waals surface area contributed by atoms with Crippen molar-refractivity contribution in [3.05, 3.63) is 29.8 Å². The van der Waals surface area contributed by atoms with Gasteiger partial charge in [-0.1, -0.05) is 36.8 Å². The summed E-state index contributed by atoms with van der Waals surface area (Å²) >= 11 is 0. The van der Waals surface area contributed by atoms with E-state index in [0.29, 0.717) is 0 Å². The van der Waals surface area contributed by atoms with Crippen LogP contribution >= 0.6 is 0 Å². The van der Waals surface area contributed by atoms with Gasteiger partial charge in [0, 0.05) is 0 Å². The lowest BCUT2D eigenvalue weighted by atomic mass is 9.82. The van der Waals surface area contributed by atoms with Gasteiger partial charge in [0.15, 0.2) is 0 Å². The van der Waals surface area contributed by atoms with E-state index in [9.17, 15) is 12.3 Å². The molecule has 0 saturated carbocycles. The van der Waals surface area contributed by atoms with Gasteiger partial charge in [-0.25, -0.2) is 0 Å². The fraction of sp³-hybridized carbons (Fsp3) is 0.455. The SMILES string of the molecule is CCC(C)(C)c1cccc(OS(=O)(=O)F)c1. The van der Waals surface area contributed by atoms with E-state index in [1.165, 1.54) is 6.07 Å². The molecule has 1 aromatic rings. The first-order chi connectivity index (χ1) is 7.24. The van der Waals surface area contributed by atoms with Crippen LogP contribution in [0.15, 0.2) is 24.3 Å². The predicted octanol–water partition coefficient (Wildman–Crippen LogP) is 2.97. The highest BCUT2D eigenvalue weighted by Gasteiger charge is 2.19. The van der Waals surface area contributed by atoms with Crippen molar-refractivity contribution in [2.45, 2.75) is 32.6 Å². The van der Waals surface area contributed by atoms with Crippen molar-refractivity contribution < 1.29 is 16.5 Å². The maximum atomic E-state index is 12.3. The first-order valence-electron chi connectivity index (χ1n) is 4.99. The smallest absolute Gasteiger partial charge is 0.358 e. The topological polar surface area (TPSA) is 43.4 Å². The molecule has 0 aromatic heterocycles. The molecule has 0 radical (unpaired) electrons. The fourth-order valence-electron chi connectivity index (χ4n) is 1.29. The Balaban J connectivity index is 3.05. The van der Waals surface area contributed by atoms with Crippen LogP contribution in [0.25, 0.3) is 0 Å². The molecule has 0 fully saturated rings. The van der Waals surface area contributed by atoms with Gasteiger partial charge in [0.25, 0.3) is 0 Å². The van der Waals surface area contributed by atoms with Crippen LogP contribution in [-0.2, 0) is 15.9 Å². The zero-order valence-electron chi connectivity index (χ0n) is 9.53. The zero-order valence-corrected chi connectivity index (χ0v) is 10.3. The maximum absolute atomic E-state index is 12.3. The van der Waals surface area contributed by atoms with Crippen molar-refractivity contribution in [3.63, 3.8) is 0 Å². The van der Waals surface area contributed by atoms with E-state index in [2.05, 4.69) is 4.18 Å². The molecule has 1 aromatic carbocycles. The van der Waals surface area contributed by atoms with Gasteiger partial charge in [0.1, 0.15) is 5.75 Å². The normalized spacial score (nSPS) is 12.5. The predicted molar refractivity (Wildman–Crippen MR) is 60.4 cm³/mol. The standard InChI is InChI=1S/C11H15FO3S/c1-4-11(2,3)9-6-5-7-10(8-9)15-16(12,13)14/h5-8H,4H2,1-3H3. The Labute approximate surface area is 95.7 Å². The molecule has 0 N–H and O–H groups in total. The monoisotopic (exact) mass is 246 g/mol. The summed E-state index contributed by atoms with van der Waals surface area (Å²) in [5.74, 6) is 0.00141. The molecule has 0 amide bonds. The Morgan fingerprint density at radius 2 is 2.00 bits per heavy atom. The largest absolute Gasteiger partial charge is 0.488 e. The Hall–Kier alpha value is -1.10. The number of halogens is 1. The third-order valence-electron chi connectivity index (χ3n) is 2.70. The average Bonchev–Trinajstić information content (AvgIpc) is 2.15. The van der Waals surface area contributed by atoms with E-state index >= 15 is 0 Å². The number of hydrogen-bond donors (Lipinski definition) is 0. The maximum Gasteiger partial charge on any atom is 0.488 e.